The van der Waals surface area contributed by atoms with Crippen LogP contribution in [0.3, 0.4) is 0 Å². The lowest BCUT2D eigenvalue weighted by molar-refractivity contribution is -0.206. The normalized spacial score (nSPS) is 43.7. The highest BCUT2D eigenvalue weighted by atomic mass is 16.5. The van der Waals surface area contributed by atoms with Gasteiger partial charge in [-0.25, -0.2) is 0 Å². The number of hydrogen-bond acceptors (Lipinski definition) is 6. The summed E-state index contributed by atoms with van der Waals surface area (Å²) in [5.74, 6) is 1.88. The first-order valence-electron chi connectivity index (χ1n) is 13.0. The highest BCUT2D eigenvalue weighted by Crippen LogP contribution is 2.72. The van der Waals surface area contributed by atoms with E-state index in [1.165, 1.54) is 5.56 Å². The molecule has 6 heterocycles. The van der Waals surface area contributed by atoms with Gasteiger partial charge in [-0.1, -0.05) is 19.9 Å². The number of carbonyl (C=O) groups is 1. The molecule has 35 heavy (non-hydrogen) atoms. The van der Waals surface area contributed by atoms with Crippen LogP contribution in [0, 0.1) is 11.3 Å². The Morgan fingerprint density at radius 2 is 1.94 bits per heavy atom. The predicted octanol–water partition coefficient (Wildman–Crippen LogP) is 3.27. The van der Waals surface area contributed by atoms with Crippen molar-refractivity contribution in [3.05, 3.63) is 30.0 Å². The number of nitrogens with one attached hydrogen (secondary N) is 1. The first-order chi connectivity index (χ1) is 16.3. The van der Waals surface area contributed by atoms with Gasteiger partial charge < -0.3 is 24.8 Å². The van der Waals surface area contributed by atoms with Gasteiger partial charge in [-0.3, -0.25) is 9.69 Å². The lowest BCUT2D eigenvalue weighted by Crippen LogP contribution is -2.82. The minimum atomic E-state index is -1.01. The van der Waals surface area contributed by atoms with Crippen LogP contribution in [0.15, 0.2) is 24.5 Å². The van der Waals surface area contributed by atoms with Gasteiger partial charge in [-0.2, -0.15) is 0 Å². The molecule has 4 saturated heterocycles. The van der Waals surface area contributed by atoms with Crippen LogP contribution < -0.4 is 14.8 Å². The number of carbonyl (C=O) groups excluding carboxylic acids is 1. The van der Waals surface area contributed by atoms with Crippen LogP contribution in [-0.4, -0.2) is 69.8 Å². The van der Waals surface area contributed by atoms with Crippen molar-refractivity contribution >= 4 is 11.6 Å². The summed E-state index contributed by atoms with van der Waals surface area (Å²) in [6.07, 6.45) is 5.94. The number of amides is 1. The van der Waals surface area contributed by atoms with Crippen molar-refractivity contribution in [3.63, 3.8) is 0 Å². The van der Waals surface area contributed by atoms with Gasteiger partial charge in [0.05, 0.1) is 23.1 Å². The smallest absolute Gasteiger partial charge is 0.246 e. The lowest BCUT2D eigenvalue weighted by Gasteiger charge is -2.65. The van der Waals surface area contributed by atoms with E-state index in [1.54, 1.807) is 6.26 Å². The highest BCUT2D eigenvalue weighted by Gasteiger charge is 2.80. The zero-order chi connectivity index (χ0) is 24.8. The van der Waals surface area contributed by atoms with Crippen molar-refractivity contribution in [2.75, 3.05) is 32.0 Å². The summed E-state index contributed by atoms with van der Waals surface area (Å²) in [4.78, 5) is 18.3. The van der Waals surface area contributed by atoms with E-state index in [0.29, 0.717) is 12.8 Å². The molecule has 7 aliphatic rings. The summed E-state index contributed by atoms with van der Waals surface area (Å²) >= 11 is 0. The van der Waals surface area contributed by atoms with Crippen molar-refractivity contribution in [2.45, 2.75) is 81.6 Å². The van der Waals surface area contributed by atoms with Crippen LogP contribution in [0.25, 0.3) is 0 Å². The molecule has 1 aromatic rings. The first kappa shape index (κ1) is 22.0. The molecule has 5 atom stereocenters. The van der Waals surface area contributed by atoms with E-state index in [0.717, 1.165) is 43.2 Å². The molecule has 7 nitrogen and oxygen atoms in total. The number of anilines is 1. The van der Waals surface area contributed by atoms with Gasteiger partial charge in [-0.15, -0.1) is 0 Å². The second-order valence-electron chi connectivity index (χ2n) is 13.3. The predicted molar refractivity (Wildman–Crippen MR) is 133 cm³/mol. The van der Waals surface area contributed by atoms with Crippen molar-refractivity contribution in [1.29, 1.82) is 0 Å². The quantitative estimate of drug-likeness (QED) is 0.595. The highest BCUT2D eigenvalue weighted by molar-refractivity contribution is 5.92. The Balaban J connectivity index is 1.38. The van der Waals surface area contributed by atoms with Crippen LogP contribution in [0.4, 0.5) is 5.69 Å². The fraction of sp³-hybridized carbons (Fsp3) is 0.679. The fourth-order valence-electron chi connectivity index (χ4n) is 9.15. The summed E-state index contributed by atoms with van der Waals surface area (Å²) in [5, 5.41) is 15.2. The van der Waals surface area contributed by atoms with Gasteiger partial charge >= 0.3 is 0 Å². The maximum atomic E-state index is 14.0. The van der Waals surface area contributed by atoms with Crippen molar-refractivity contribution in [1.82, 2.24) is 9.80 Å². The van der Waals surface area contributed by atoms with E-state index >= 15 is 0 Å². The largest absolute Gasteiger partial charge is 0.480 e. The molecule has 1 aromatic carbocycles. The summed E-state index contributed by atoms with van der Waals surface area (Å²) in [5.41, 5.74) is -0.511. The molecule has 1 amide bonds. The van der Waals surface area contributed by atoms with Crippen LogP contribution in [0.2, 0.25) is 0 Å². The number of likely N-dealkylation sites (N-methyl/N-ethyl adjacent to an activating group) is 1. The topological polar surface area (TPSA) is 74.3 Å². The molecule has 0 radical (unpaired) electrons. The maximum absolute atomic E-state index is 14.0. The lowest BCUT2D eigenvalue weighted by atomic mass is 9.55. The molecule has 2 bridgehead atoms. The molecule has 188 valence electrons. The zero-order valence-electron chi connectivity index (χ0n) is 21.7. The van der Waals surface area contributed by atoms with Crippen LogP contribution in [0.1, 0.15) is 59.4 Å². The number of ether oxygens (including phenoxy) is 2. The molecular formula is C28H37N3O4. The minimum Gasteiger partial charge on any atom is -0.480 e. The van der Waals surface area contributed by atoms with Gasteiger partial charge in [0.1, 0.15) is 11.1 Å². The summed E-state index contributed by atoms with van der Waals surface area (Å²) in [7, 11) is 1.99. The van der Waals surface area contributed by atoms with Crippen molar-refractivity contribution < 1.29 is 19.4 Å². The number of piperidine rings is 2. The zero-order valence-corrected chi connectivity index (χ0v) is 21.7. The standard InChI is InChI=1S/C28H37N3O4/c1-23(2)10-12-34-21-18(35-23)8-7-17-20(21)29-15-26(17)14-27-16-31-11-9-25(5,33)28(31,22(32)30(27)6)13-19(27)24(26,3)4/h7-8,10,12,19,29,33H,9,11,13-16H2,1-6H3/t19-,25+,26+,27-,28-/m0/s1. The number of hydrogen-bond donors (Lipinski definition) is 2. The number of nitrogens with zero attached hydrogens (tertiary/aromatic N) is 2. The Morgan fingerprint density at radius 1 is 1.17 bits per heavy atom. The number of aliphatic hydroxyl groups is 1. The average molecular weight is 480 g/mol. The van der Waals surface area contributed by atoms with Gasteiger partial charge in [0.25, 0.3) is 0 Å². The maximum Gasteiger partial charge on any atom is 0.246 e. The van der Waals surface area contributed by atoms with E-state index in [2.05, 4.69) is 36.2 Å². The number of rotatable bonds is 0. The second-order valence-corrected chi connectivity index (χ2v) is 13.3. The van der Waals surface area contributed by atoms with E-state index in [9.17, 15) is 9.90 Å². The number of piperazine rings is 1. The summed E-state index contributed by atoms with van der Waals surface area (Å²) in [6, 6.07) is 4.28. The third kappa shape index (κ3) is 2.21. The molecule has 3 spiro atoms. The number of benzene rings is 1. The third-order valence-corrected chi connectivity index (χ3v) is 11.2. The average Bonchev–Trinajstić information content (AvgIpc) is 3.29. The van der Waals surface area contributed by atoms with E-state index in [4.69, 9.17) is 9.47 Å². The molecule has 0 unspecified atom stereocenters. The summed E-state index contributed by atoms with van der Waals surface area (Å²) in [6.45, 7) is 13.1. The van der Waals surface area contributed by atoms with E-state index in [-0.39, 0.29) is 28.2 Å². The first-order valence-corrected chi connectivity index (χ1v) is 13.0. The Morgan fingerprint density at radius 3 is 2.71 bits per heavy atom. The molecule has 8 rings (SSSR count). The molecule has 2 N–H and O–H groups in total. The third-order valence-electron chi connectivity index (χ3n) is 11.2. The molecule has 6 aliphatic heterocycles. The Hall–Kier alpha value is -2.25. The SMILES string of the molecule is CN1C(=O)[C@]23C[C@H]4C(C)(C)[C@@]5(CNc6c5ccc5c6OC=CC(C)(C)O5)C[C@]41CN2CC[C@@]3(C)O. The molecule has 1 aliphatic carbocycles. The molecule has 7 heteroatoms. The molecule has 5 fully saturated rings. The van der Waals surface area contributed by atoms with Crippen LogP contribution in [-0.2, 0) is 10.2 Å². The second kappa shape index (κ2) is 6.00. The van der Waals surface area contributed by atoms with Crippen LogP contribution >= 0.6 is 0 Å². The summed E-state index contributed by atoms with van der Waals surface area (Å²) < 4.78 is 12.4. The van der Waals surface area contributed by atoms with Crippen molar-refractivity contribution in [3.8, 4) is 11.5 Å². The van der Waals surface area contributed by atoms with E-state index in [1.807, 2.05) is 38.8 Å². The molecule has 1 saturated carbocycles. The molecule has 0 aromatic heterocycles. The van der Waals surface area contributed by atoms with Crippen molar-refractivity contribution in [2.24, 2.45) is 11.3 Å². The Kier molecular flexibility index (Phi) is 3.77. The van der Waals surface area contributed by atoms with Gasteiger partial charge in [0.2, 0.25) is 5.91 Å². The Bertz CT molecular complexity index is 1200. The van der Waals surface area contributed by atoms with Crippen LogP contribution in [0.5, 0.6) is 11.5 Å². The van der Waals surface area contributed by atoms with Gasteiger partial charge in [0, 0.05) is 32.1 Å². The fourth-order valence-corrected chi connectivity index (χ4v) is 9.15. The molecular weight excluding hydrogens is 442 g/mol. The van der Waals surface area contributed by atoms with E-state index < -0.39 is 16.7 Å². The minimum absolute atomic E-state index is 0.104. The van der Waals surface area contributed by atoms with Gasteiger partial charge in [0.15, 0.2) is 11.5 Å². The van der Waals surface area contributed by atoms with Gasteiger partial charge in [-0.05, 0) is 69.1 Å². The number of fused-ring (bicyclic) bond motifs is 5. The Labute approximate surface area is 207 Å². The monoisotopic (exact) mass is 479 g/mol.